The maximum atomic E-state index is 12.5. The summed E-state index contributed by atoms with van der Waals surface area (Å²) in [5.41, 5.74) is 1.63. The van der Waals surface area contributed by atoms with Gasteiger partial charge >= 0.3 is 6.03 Å². The summed E-state index contributed by atoms with van der Waals surface area (Å²) in [6.45, 7) is 1.41. The van der Waals surface area contributed by atoms with Gasteiger partial charge in [0.25, 0.3) is 0 Å². The molecular formula is C19H20ClN3O3. The van der Waals surface area contributed by atoms with E-state index in [0.29, 0.717) is 24.7 Å². The quantitative estimate of drug-likeness (QED) is 0.846. The van der Waals surface area contributed by atoms with Crippen molar-refractivity contribution in [2.24, 2.45) is 0 Å². The van der Waals surface area contributed by atoms with Crippen LogP contribution in [-0.2, 0) is 11.3 Å². The Morgan fingerprint density at radius 3 is 2.58 bits per heavy atom. The number of urea groups is 1. The molecule has 0 aromatic heterocycles. The van der Waals surface area contributed by atoms with E-state index in [4.69, 9.17) is 16.3 Å². The number of nitrogens with zero attached hydrogens (tertiary/aromatic N) is 2. The summed E-state index contributed by atoms with van der Waals surface area (Å²) in [4.78, 5) is 27.9. The van der Waals surface area contributed by atoms with E-state index in [0.717, 1.165) is 17.0 Å². The largest absolute Gasteiger partial charge is 0.497 e. The summed E-state index contributed by atoms with van der Waals surface area (Å²) in [6, 6.07) is 14.4. The Morgan fingerprint density at radius 1 is 1.15 bits per heavy atom. The Hall–Kier alpha value is -2.73. The number of amides is 3. The lowest BCUT2D eigenvalue weighted by atomic mass is 10.2. The minimum absolute atomic E-state index is 0.0238. The predicted octanol–water partition coefficient (Wildman–Crippen LogP) is 2.91. The van der Waals surface area contributed by atoms with E-state index in [1.165, 1.54) is 4.90 Å². The van der Waals surface area contributed by atoms with Crippen LogP contribution in [0, 0.1) is 0 Å². The number of halogens is 1. The summed E-state index contributed by atoms with van der Waals surface area (Å²) in [5, 5.41) is 3.41. The van der Waals surface area contributed by atoms with Gasteiger partial charge in [0, 0.05) is 30.3 Å². The molecule has 0 spiro atoms. The predicted molar refractivity (Wildman–Crippen MR) is 101 cm³/mol. The molecular weight excluding hydrogens is 354 g/mol. The Morgan fingerprint density at radius 2 is 1.88 bits per heavy atom. The fourth-order valence-electron chi connectivity index (χ4n) is 2.80. The molecule has 6 nitrogen and oxygen atoms in total. The second-order valence-corrected chi connectivity index (χ2v) is 6.33. The van der Waals surface area contributed by atoms with E-state index in [-0.39, 0.29) is 18.5 Å². The monoisotopic (exact) mass is 373 g/mol. The summed E-state index contributed by atoms with van der Waals surface area (Å²) >= 11 is 6.08. The molecule has 26 heavy (non-hydrogen) atoms. The van der Waals surface area contributed by atoms with Crippen molar-refractivity contribution in [3.05, 3.63) is 59.1 Å². The lowest BCUT2D eigenvalue weighted by molar-refractivity contribution is -0.121. The zero-order valence-electron chi connectivity index (χ0n) is 14.4. The molecule has 0 bridgehead atoms. The third kappa shape index (κ3) is 4.08. The van der Waals surface area contributed by atoms with Crippen molar-refractivity contribution < 1.29 is 14.3 Å². The topological polar surface area (TPSA) is 61.9 Å². The molecule has 0 atom stereocenters. The van der Waals surface area contributed by atoms with Crippen LogP contribution in [0.3, 0.4) is 0 Å². The highest BCUT2D eigenvalue weighted by atomic mass is 35.5. The zero-order chi connectivity index (χ0) is 18.5. The van der Waals surface area contributed by atoms with Crippen LogP contribution in [0.5, 0.6) is 5.75 Å². The third-order valence-electron chi connectivity index (χ3n) is 4.25. The molecule has 7 heteroatoms. The number of nitrogens with one attached hydrogen (secondary N) is 1. The van der Waals surface area contributed by atoms with Gasteiger partial charge in [0.1, 0.15) is 12.3 Å². The van der Waals surface area contributed by atoms with Crippen LogP contribution in [0.4, 0.5) is 10.5 Å². The number of benzene rings is 2. The van der Waals surface area contributed by atoms with E-state index in [1.807, 2.05) is 42.5 Å². The Balaban J connectivity index is 1.54. The van der Waals surface area contributed by atoms with Gasteiger partial charge in [0.05, 0.1) is 7.11 Å². The highest BCUT2D eigenvalue weighted by Crippen LogP contribution is 2.23. The minimum Gasteiger partial charge on any atom is -0.497 e. The Bertz CT molecular complexity index is 795. The molecule has 1 aliphatic heterocycles. The summed E-state index contributed by atoms with van der Waals surface area (Å²) < 4.78 is 5.13. The fourth-order valence-corrected chi connectivity index (χ4v) is 3.00. The maximum Gasteiger partial charge on any atom is 0.325 e. The minimum atomic E-state index is -0.213. The molecule has 2 aromatic carbocycles. The average Bonchev–Trinajstić information content (AvgIpc) is 3.01. The first-order valence-corrected chi connectivity index (χ1v) is 8.67. The molecule has 1 heterocycles. The molecule has 0 saturated carbocycles. The molecule has 3 rings (SSSR count). The number of carbonyl (C=O) groups excluding carboxylic acids is 2. The lowest BCUT2D eigenvalue weighted by Gasteiger charge is -2.18. The van der Waals surface area contributed by atoms with Gasteiger partial charge < -0.3 is 15.0 Å². The molecule has 136 valence electrons. The van der Waals surface area contributed by atoms with Gasteiger partial charge in [-0.2, -0.15) is 0 Å². The van der Waals surface area contributed by atoms with Crippen LogP contribution < -0.4 is 15.0 Å². The fraction of sp³-hybridized carbons (Fsp3) is 0.263. The van der Waals surface area contributed by atoms with Gasteiger partial charge in [-0.3, -0.25) is 9.69 Å². The van der Waals surface area contributed by atoms with E-state index >= 15 is 0 Å². The van der Waals surface area contributed by atoms with Gasteiger partial charge in [-0.05, 0) is 35.9 Å². The molecule has 1 saturated heterocycles. The Kier molecular flexibility index (Phi) is 5.63. The van der Waals surface area contributed by atoms with Crippen molar-refractivity contribution >= 4 is 29.2 Å². The summed E-state index contributed by atoms with van der Waals surface area (Å²) in [7, 11) is 1.60. The molecule has 1 fully saturated rings. The average molecular weight is 374 g/mol. The van der Waals surface area contributed by atoms with Gasteiger partial charge in [0.2, 0.25) is 5.91 Å². The summed E-state index contributed by atoms with van der Waals surface area (Å²) in [5.74, 6) is 0.519. The molecule has 3 amide bonds. The first kappa shape index (κ1) is 18.1. The maximum absolute atomic E-state index is 12.5. The first-order chi connectivity index (χ1) is 12.6. The Labute approximate surface area is 157 Å². The second kappa shape index (κ2) is 8.10. The SMILES string of the molecule is COc1ccc(N2CCN(CC(=O)NCc3ccccc3Cl)C2=O)cc1. The number of ether oxygens (including phenoxy) is 1. The molecule has 2 aromatic rings. The normalized spacial score (nSPS) is 13.8. The van der Waals surface area contributed by atoms with Crippen LogP contribution in [0.2, 0.25) is 5.02 Å². The van der Waals surface area contributed by atoms with Gasteiger partial charge in [-0.1, -0.05) is 29.8 Å². The van der Waals surface area contributed by atoms with Crippen molar-refractivity contribution in [3.8, 4) is 5.75 Å². The standard InChI is InChI=1S/C19H20ClN3O3/c1-26-16-8-6-15(7-9-16)23-11-10-22(19(23)25)13-18(24)21-12-14-4-2-3-5-17(14)20/h2-9H,10-13H2,1H3,(H,21,24). The van der Waals surface area contributed by atoms with Gasteiger partial charge in [-0.15, -0.1) is 0 Å². The number of methoxy groups -OCH3 is 1. The van der Waals surface area contributed by atoms with E-state index in [1.54, 1.807) is 18.1 Å². The van der Waals surface area contributed by atoms with Gasteiger partial charge in [0.15, 0.2) is 0 Å². The molecule has 1 N–H and O–H groups in total. The number of carbonyl (C=O) groups is 2. The van der Waals surface area contributed by atoms with Crippen molar-refractivity contribution in [1.82, 2.24) is 10.2 Å². The number of hydrogen-bond donors (Lipinski definition) is 1. The first-order valence-electron chi connectivity index (χ1n) is 8.29. The molecule has 0 radical (unpaired) electrons. The molecule has 1 aliphatic rings. The van der Waals surface area contributed by atoms with E-state index in [9.17, 15) is 9.59 Å². The van der Waals surface area contributed by atoms with Crippen LogP contribution in [-0.4, -0.2) is 43.6 Å². The second-order valence-electron chi connectivity index (χ2n) is 5.92. The summed E-state index contributed by atoms with van der Waals surface area (Å²) in [6.07, 6.45) is 0. The molecule has 0 aliphatic carbocycles. The number of rotatable bonds is 6. The van der Waals surface area contributed by atoms with E-state index < -0.39 is 0 Å². The van der Waals surface area contributed by atoms with Crippen LogP contribution in [0.1, 0.15) is 5.56 Å². The lowest BCUT2D eigenvalue weighted by Crippen LogP contribution is -2.39. The van der Waals surface area contributed by atoms with Crippen LogP contribution in [0.15, 0.2) is 48.5 Å². The van der Waals surface area contributed by atoms with Gasteiger partial charge in [-0.25, -0.2) is 4.79 Å². The van der Waals surface area contributed by atoms with Crippen molar-refractivity contribution in [3.63, 3.8) is 0 Å². The number of hydrogen-bond acceptors (Lipinski definition) is 3. The number of anilines is 1. The highest BCUT2D eigenvalue weighted by molar-refractivity contribution is 6.31. The third-order valence-corrected chi connectivity index (χ3v) is 4.62. The van der Waals surface area contributed by atoms with Crippen molar-refractivity contribution in [2.75, 3.05) is 31.6 Å². The van der Waals surface area contributed by atoms with Crippen molar-refractivity contribution in [1.29, 1.82) is 0 Å². The smallest absolute Gasteiger partial charge is 0.325 e. The highest BCUT2D eigenvalue weighted by Gasteiger charge is 2.30. The molecule has 0 unspecified atom stereocenters. The van der Waals surface area contributed by atoms with Crippen molar-refractivity contribution in [2.45, 2.75) is 6.54 Å². The zero-order valence-corrected chi connectivity index (χ0v) is 15.2. The van der Waals surface area contributed by atoms with E-state index in [2.05, 4.69) is 5.32 Å². The van der Waals surface area contributed by atoms with Crippen LogP contribution in [0.25, 0.3) is 0 Å². The van der Waals surface area contributed by atoms with Crippen LogP contribution >= 0.6 is 11.6 Å².